The van der Waals surface area contributed by atoms with Crippen molar-refractivity contribution < 1.29 is 83.3 Å². The van der Waals surface area contributed by atoms with Crippen LogP contribution < -0.4 is 44.9 Å². The van der Waals surface area contributed by atoms with Crippen LogP contribution in [0.5, 0.6) is 17.4 Å². The molecular weight excluding hydrogens is 1360 g/mol. The normalized spacial score (nSPS) is 24.5. The molecule has 0 bridgehead atoms. The zero-order chi connectivity index (χ0) is 74.2. The fourth-order valence-corrected chi connectivity index (χ4v) is 16.1. The van der Waals surface area contributed by atoms with Crippen molar-refractivity contribution in [3.05, 3.63) is 92.1 Å². The van der Waals surface area contributed by atoms with Gasteiger partial charge in [-0.15, -0.1) is 13.2 Å². The smallest absolute Gasteiger partial charge is 0.408 e. The molecule has 6 heterocycles. The first kappa shape index (κ1) is 74.1. The molecule has 3 aromatic heterocycles. The van der Waals surface area contributed by atoms with E-state index in [1.165, 1.54) is 22.0 Å². The molecule has 12 rings (SSSR count). The number of aromatic nitrogens is 2. The molecule has 8 amide bonds. The summed E-state index contributed by atoms with van der Waals surface area (Å²) in [5.41, 5.74) is -4.75. The van der Waals surface area contributed by atoms with Crippen LogP contribution in [0.25, 0.3) is 32.5 Å². The molecule has 6 N–H and O–H groups in total. The molecule has 30 heteroatoms. The van der Waals surface area contributed by atoms with E-state index in [9.17, 15) is 55.2 Å². The van der Waals surface area contributed by atoms with Gasteiger partial charge >= 0.3 is 12.2 Å². The summed E-state index contributed by atoms with van der Waals surface area (Å²) < 4.78 is 90.3. The Morgan fingerprint density at radius 3 is 1.57 bits per heavy atom. The van der Waals surface area contributed by atoms with Gasteiger partial charge in [0.25, 0.3) is 11.8 Å². The second-order valence-corrected chi connectivity index (χ2v) is 35.6. The SMILES string of the molecule is C=C[C@@H]1C[C@]1(NC(=O)[C@@H]1C[C@@H](Oc2cc3occc3c3ccncc23)CN1C(=O)[C@@H](NC(=O)OC(C)(C)C)C(C)(C)C)C(=O)NS(=O)(=O)C1CC1.C=C[C@@H]1C[C@]1(NC(=O)[C@@H]1C[C@@H](Oc2nccc3c4c(ccc23)OCC4)CN1C(=O)[C@@H](NC(=O)OC(C)(C)C)C(C)(C)C)C(=O)NS(=O)(=O)C1CC1. The van der Waals surface area contributed by atoms with Crippen LogP contribution in [0.1, 0.15) is 140 Å². The van der Waals surface area contributed by atoms with Gasteiger partial charge in [0.05, 0.1) is 36.5 Å². The van der Waals surface area contributed by atoms with Gasteiger partial charge in [0.1, 0.15) is 75.7 Å². The average Bonchev–Trinajstić information content (AvgIpc) is 1.57. The monoisotopic (exact) mass is 1450 g/mol. The summed E-state index contributed by atoms with van der Waals surface area (Å²) in [7, 11) is -7.79. The van der Waals surface area contributed by atoms with E-state index in [4.69, 9.17) is 28.1 Å². The fourth-order valence-electron chi connectivity index (χ4n) is 13.4. The standard InChI is InChI=1S/C36H45N5O9S.C36H47N5O9S/c1-8-20-17-36(20,32(44)40-51(46,47)22-9-10-22)39-30(42)26-15-21(49-28-16-27-24(12-14-48-27)23-11-13-37-18-25(23)28)19-41(26)31(43)29(34(2,3)4)38-33(45)50-35(5,6)7;1-8-20-18-36(20,32(44)40-51(46,47)22-9-10-22)39-29(42)26-17-21(49-30-25-11-12-27-24(14-16-48-27)23(25)13-15-37-30)19-41(26)31(43)28(34(2,3)4)38-33(45)50-35(5,6)7/h8,11-14,16,18,20-22,26,29H,1,9-10,15,17,19H2,2-7H3,(H,38,45)(H,39,42)(H,40,44);8,11-13,15,20-22,26,28H,1,9-10,14,16-19H2,2-7H3,(H,38,45)(H,39,42)(H,40,44)/t20-,21-,26+,29-,36-;20-,21-,26+,28-,36-/m11/s1. The molecule has 5 aromatic rings. The van der Waals surface area contributed by atoms with E-state index in [1.807, 2.05) is 30.3 Å². The zero-order valence-corrected chi connectivity index (χ0v) is 61.2. The molecule has 2 saturated heterocycles. The first-order valence-corrected chi connectivity index (χ1v) is 37.5. The number of nitrogens with zero attached hydrogens (tertiary/aromatic N) is 4. The highest BCUT2D eigenvalue weighted by Gasteiger charge is 2.64. The average molecular weight is 1450 g/mol. The van der Waals surface area contributed by atoms with E-state index < -0.39 is 159 Å². The molecule has 102 heavy (non-hydrogen) atoms. The van der Waals surface area contributed by atoms with E-state index in [0.717, 1.165) is 39.3 Å². The molecule has 4 saturated carbocycles. The lowest BCUT2D eigenvalue weighted by atomic mass is 9.85. The summed E-state index contributed by atoms with van der Waals surface area (Å²) in [5.74, 6) is -3.60. The van der Waals surface area contributed by atoms with Crippen molar-refractivity contribution in [3.63, 3.8) is 0 Å². The summed E-state index contributed by atoms with van der Waals surface area (Å²) in [6.45, 7) is 29.0. The van der Waals surface area contributed by atoms with Gasteiger partial charge in [-0.3, -0.25) is 43.2 Å². The third kappa shape index (κ3) is 15.9. The number of carbonyl (C=O) groups excluding carboxylic acids is 8. The van der Waals surface area contributed by atoms with Crippen molar-refractivity contribution in [1.29, 1.82) is 0 Å². The number of furan rings is 1. The first-order chi connectivity index (χ1) is 47.7. The second-order valence-electron chi connectivity index (χ2n) is 31.7. The fraction of sp³-hybridized carbons (Fsp3) is 0.556. The number of carbonyl (C=O) groups is 8. The molecule has 0 unspecified atom stereocenters. The Balaban J connectivity index is 0.000000205. The van der Waals surface area contributed by atoms with Gasteiger partial charge in [-0.2, -0.15) is 0 Å². The van der Waals surface area contributed by atoms with Crippen molar-refractivity contribution >= 4 is 100 Å². The lowest BCUT2D eigenvalue weighted by Gasteiger charge is -2.36. The first-order valence-electron chi connectivity index (χ1n) is 34.4. The highest BCUT2D eigenvalue weighted by molar-refractivity contribution is 7.91. The lowest BCUT2D eigenvalue weighted by molar-refractivity contribution is -0.143. The van der Waals surface area contributed by atoms with E-state index >= 15 is 0 Å². The van der Waals surface area contributed by atoms with Crippen LogP contribution in [0, 0.1) is 22.7 Å². The van der Waals surface area contributed by atoms with Crippen LogP contribution in [0.4, 0.5) is 9.59 Å². The van der Waals surface area contributed by atoms with E-state index in [0.29, 0.717) is 54.9 Å². The van der Waals surface area contributed by atoms with Crippen LogP contribution in [0.3, 0.4) is 0 Å². The molecule has 550 valence electrons. The van der Waals surface area contributed by atoms with Gasteiger partial charge in [0.15, 0.2) is 0 Å². The van der Waals surface area contributed by atoms with Crippen LogP contribution >= 0.6 is 0 Å². The van der Waals surface area contributed by atoms with Gasteiger partial charge in [-0.05, 0) is 132 Å². The molecular formula is C72H92N10O18S2. The highest BCUT2D eigenvalue weighted by Crippen LogP contribution is 2.48. The molecule has 0 spiro atoms. The summed E-state index contributed by atoms with van der Waals surface area (Å²) >= 11 is 0. The number of pyridine rings is 2. The minimum atomic E-state index is -3.90. The molecule has 7 aliphatic rings. The number of sulfonamides is 2. The maximum Gasteiger partial charge on any atom is 0.408 e. The number of hydrogen-bond acceptors (Lipinski definition) is 20. The van der Waals surface area contributed by atoms with E-state index in [-0.39, 0.29) is 38.8 Å². The Kier molecular flexibility index (Phi) is 19.8. The Morgan fingerprint density at radius 2 is 1.11 bits per heavy atom. The van der Waals surface area contributed by atoms with Crippen molar-refractivity contribution in [2.24, 2.45) is 22.7 Å². The van der Waals surface area contributed by atoms with Gasteiger partial charge in [-0.1, -0.05) is 53.7 Å². The highest BCUT2D eigenvalue weighted by atomic mass is 32.2. The maximum atomic E-state index is 14.5. The number of nitrogens with one attached hydrogen (secondary N) is 6. The third-order valence-electron chi connectivity index (χ3n) is 19.2. The number of likely N-dealkylation sites (tertiary alicyclic amines) is 2. The van der Waals surface area contributed by atoms with Crippen molar-refractivity contribution in [2.75, 3.05) is 19.7 Å². The molecule has 2 aromatic carbocycles. The quantitative estimate of drug-likeness (QED) is 0.0424. The molecule has 4 aliphatic carbocycles. The Bertz CT molecular complexity index is 4450. The Hall–Kier alpha value is -9.06. The van der Waals surface area contributed by atoms with Crippen LogP contribution in [0.2, 0.25) is 0 Å². The van der Waals surface area contributed by atoms with Gasteiger partial charge < -0.3 is 59.2 Å². The molecule has 28 nitrogen and oxygen atoms in total. The summed E-state index contributed by atoms with van der Waals surface area (Å²) in [6.07, 6.45) is 9.45. The number of rotatable bonds is 20. The van der Waals surface area contributed by atoms with Gasteiger partial charge in [0, 0.05) is 77.5 Å². The maximum absolute atomic E-state index is 14.5. The third-order valence-corrected chi connectivity index (χ3v) is 22.9. The van der Waals surface area contributed by atoms with Crippen molar-refractivity contribution in [2.45, 2.75) is 210 Å². The van der Waals surface area contributed by atoms with Crippen LogP contribution in [-0.4, -0.2) is 173 Å². The number of hydrogen-bond donors (Lipinski definition) is 6. The molecule has 10 atom stereocenters. The van der Waals surface area contributed by atoms with Gasteiger partial charge in [-0.25, -0.2) is 31.4 Å². The largest absolute Gasteiger partial charge is 0.493 e. The van der Waals surface area contributed by atoms with E-state index in [1.54, 1.807) is 114 Å². The predicted molar refractivity (Wildman–Crippen MR) is 375 cm³/mol. The summed E-state index contributed by atoms with van der Waals surface area (Å²) in [6, 6.07) is 6.54. The van der Waals surface area contributed by atoms with Crippen LogP contribution in [0.15, 0.2) is 91.0 Å². The van der Waals surface area contributed by atoms with Gasteiger partial charge in [0.2, 0.25) is 49.6 Å². The predicted octanol–water partition coefficient (Wildman–Crippen LogP) is 7.06. The zero-order valence-electron chi connectivity index (χ0n) is 59.6. The number of fused-ring (bicyclic) bond motifs is 6. The number of ether oxygens (including phenoxy) is 5. The lowest BCUT2D eigenvalue weighted by Crippen LogP contribution is -2.60. The number of benzene rings is 2. The minimum absolute atomic E-state index is 0.0235. The molecule has 3 aliphatic heterocycles. The number of alkyl carbamates (subject to hydrolysis) is 2. The van der Waals surface area contributed by atoms with E-state index in [2.05, 4.69) is 53.8 Å². The summed E-state index contributed by atoms with van der Waals surface area (Å²) in [5, 5.41) is 13.8. The minimum Gasteiger partial charge on any atom is -0.493 e. The Labute approximate surface area is 593 Å². The van der Waals surface area contributed by atoms with Crippen molar-refractivity contribution in [3.8, 4) is 17.4 Å². The van der Waals surface area contributed by atoms with Crippen molar-refractivity contribution in [1.82, 2.24) is 50.5 Å². The topological polar surface area (TPSA) is 369 Å². The summed E-state index contributed by atoms with van der Waals surface area (Å²) in [4.78, 5) is 122. The number of amides is 8. The second kappa shape index (κ2) is 27.3. The molecule has 6 fully saturated rings. The van der Waals surface area contributed by atoms with Crippen LogP contribution in [-0.2, 0) is 64.7 Å². The Morgan fingerprint density at radius 1 is 0.618 bits per heavy atom. The molecule has 0 radical (unpaired) electrons.